The molecule has 1 aliphatic heterocycles. The molecule has 132 valence electrons. The summed E-state index contributed by atoms with van der Waals surface area (Å²) in [7, 11) is 0. The summed E-state index contributed by atoms with van der Waals surface area (Å²) in [5.74, 6) is 0.382. The van der Waals surface area contributed by atoms with Crippen molar-refractivity contribution >= 4 is 40.6 Å². The van der Waals surface area contributed by atoms with Gasteiger partial charge in [0.25, 0.3) is 5.91 Å². The molecule has 0 aliphatic carbocycles. The van der Waals surface area contributed by atoms with Gasteiger partial charge >= 0.3 is 0 Å². The lowest BCUT2D eigenvalue weighted by Crippen LogP contribution is -2.34. The summed E-state index contributed by atoms with van der Waals surface area (Å²) in [6, 6.07) is 11.1. The van der Waals surface area contributed by atoms with Crippen molar-refractivity contribution < 1.29 is 9.59 Å². The molecule has 1 aromatic carbocycles. The average Bonchev–Trinajstić information content (AvgIpc) is 3.00. The minimum absolute atomic E-state index is 0.0453. The van der Waals surface area contributed by atoms with Crippen LogP contribution in [0.25, 0.3) is 0 Å². The SMILES string of the molecule is O=C(CSc1cccs1)Nc1ccc(C(=O)N2CCCNCC2)cc1. The van der Waals surface area contributed by atoms with Gasteiger partial charge in [0.05, 0.1) is 9.96 Å². The van der Waals surface area contributed by atoms with E-state index in [0.717, 1.165) is 36.8 Å². The van der Waals surface area contributed by atoms with Gasteiger partial charge in [0, 0.05) is 30.9 Å². The summed E-state index contributed by atoms with van der Waals surface area (Å²) >= 11 is 3.15. The number of nitrogens with zero attached hydrogens (tertiary/aromatic N) is 1. The Morgan fingerprint density at radius 2 is 2.00 bits per heavy atom. The minimum Gasteiger partial charge on any atom is -0.337 e. The largest absolute Gasteiger partial charge is 0.337 e. The Morgan fingerprint density at radius 3 is 2.76 bits per heavy atom. The van der Waals surface area contributed by atoms with Gasteiger partial charge < -0.3 is 15.5 Å². The topological polar surface area (TPSA) is 61.4 Å². The molecule has 1 fully saturated rings. The zero-order valence-corrected chi connectivity index (χ0v) is 15.5. The van der Waals surface area contributed by atoms with Crippen molar-refractivity contribution in [3.8, 4) is 0 Å². The lowest BCUT2D eigenvalue weighted by Gasteiger charge is -2.20. The van der Waals surface area contributed by atoms with E-state index in [1.54, 1.807) is 35.6 Å². The maximum atomic E-state index is 12.5. The molecule has 0 radical (unpaired) electrons. The molecular formula is C18H21N3O2S2. The van der Waals surface area contributed by atoms with Crippen LogP contribution in [-0.4, -0.2) is 48.6 Å². The maximum absolute atomic E-state index is 12.5. The van der Waals surface area contributed by atoms with E-state index in [0.29, 0.717) is 17.0 Å². The Hall–Kier alpha value is -1.83. The van der Waals surface area contributed by atoms with E-state index in [1.807, 2.05) is 22.4 Å². The zero-order chi connectivity index (χ0) is 17.5. The third-order valence-electron chi connectivity index (χ3n) is 3.88. The molecule has 0 unspecified atom stereocenters. The van der Waals surface area contributed by atoms with Crippen LogP contribution in [0.2, 0.25) is 0 Å². The van der Waals surface area contributed by atoms with Gasteiger partial charge in [-0.1, -0.05) is 6.07 Å². The van der Waals surface area contributed by atoms with E-state index in [4.69, 9.17) is 0 Å². The highest BCUT2D eigenvalue weighted by molar-refractivity contribution is 8.01. The summed E-state index contributed by atoms with van der Waals surface area (Å²) in [6.07, 6.45) is 0.974. The number of thioether (sulfide) groups is 1. The summed E-state index contributed by atoms with van der Waals surface area (Å²) in [4.78, 5) is 26.4. The van der Waals surface area contributed by atoms with E-state index >= 15 is 0 Å². The molecule has 1 aromatic heterocycles. The molecule has 7 heteroatoms. The van der Waals surface area contributed by atoms with E-state index in [-0.39, 0.29) is 11.8 Å². The van der Waals surface area contributed by atoms with Crippen molar-refractivity contribution in [1.29, 1.82) is 0 Å². The summed E-state index contributed by atoms with van der Waals surface area (Å²) in [5.41, 5.74) is 1.37. The monoisotopic (exact) mass is 375 g/mol. The first-order valence-electron chi connectivity index (χ1n) is 8.28. The van der Waals surface area contributed by atoms with Crippen molar-refractivity contribution in [1.82, 2.24) is 10.2 Å². The number of benzene rings is 1. The number of hydrogen-bond acceptors (Lipinski definition) is 5. The number of nitrogens with one attached hydrogen (secondary N) is 2. The minimum atomic E-state index is -0.0453. The highest BCUT2D eigenvalue weighted by atomic mass is 32.2. The molecule has 0 atom stereocenters. The first kappa shape index (κ1) is 18.0. The van der Waals surface area contributed by atoms with Crippen LogP contribution in [0.4, 0.5) is 5.69 Å². The molecule has 2 heterocycles. The first-order valence-corrected chi connectivity index (χ1v) is 10.1. The van der Waals surface area contributed by atoms with Crippen LogP contribution in [0, 0.1) is 0 Å². The molecule has 1 aliphatic rings. The Morgan fingerprint density at radius 1 is 1.16 bits per heavy atom. The van der Waals surface area contributed by atoms with Crippen molar-refractivity contribution in [2.45, 2.75) is 10.6 Å². The molecule has 0 bridgehead atoms. The van der Waals surface area contributed by atoms with Crippen molar-refractivity contribution in [2.24, 2.45) is 0 Å². The van der Waals surface area contributed by atoms with Crippen LogP contribution < -0.4 is 10.6 Å². The Labute approximate surface area is 155 Å². The van der Waals surface area contributed by atoms with Gasteiger partial charge in [-0.15, -0.1) is 23.1 Å². The highest BCUT2D eigenvalue weighted by Crippen LogP contribution is 2.23. The fraction of sp³-hybridized carbons (Fsp3) is 0.333. The molecule has 2 N–H and O–H groups in total. The molecule has 3 rings (SSSR count). The fourth-order valence-corrected chi connectivity index (χ4v) is 4.19. The molecule has 5 nitrogen and oxygen atoms in total. The van der Waals surface area contributed by atoms with E-state index in [1.165, 1.54) is 11.8 Å². The average molecular weight is 376 g/mol. The number of carbonyl (C=O) groups excluding carboxylic acids is 2. The fourth-order valence-electron chi connectivity index (χ4n) is 2.61. The van der Waals surface area contributed by atoms with Crippen LogP contribution in [0.5, 0.6) is 0 Å². The molecule has 1 saturated heterocycles. The van der Waals surface area contributed by atoms with Crippen LogP contribution in [0.15, 0.2) is 46.0 Å². The Bertz CT molecular complexity index is 694. The normalized spacial score (nSPS) is 14.8. The predicted molar refractivity (Wildman–Crippen MR) is 104 cm³/mol. The van der Waals surface area contributed by atoms with Gasteiger partial charge in [0.2, 0.25) is 5.91 Å². The summed E-state index contributed by atoms with van der Waals surface area (Å²) < 4.78 is 1.13. The molecular weight excluding hydrogens is 354 g/mol. The second kappa shape index (κ2) is 9.03. The number of thiophene rings is 1. The second-order valence-electron chi connectivity index (χ2n) is 5.74. The summed E-state index contributed by atoms with van der Waals surface area (Å²) in [5, 5.41) is 8.16. The summed E-state index contributed by atoms with van der Waals surface area (Å²) in [6.45, 7) is 3.31. The first-order chi connectivity index (χ1) is 12.2. The predicted octanol–water partition coefficient (Wildman–Crippen LogP) is 2.91. The van der Waals surface area contributed by atoms with Gasteiger partial charge in [-0.05, 0) is 48.7 Å². The Kier molecular flexibility index (Phi) is 6.49. The van der Waals surface area contributed by atoms with E-state index < -0.39 is 0 Å². The third kappa shape index (κ3) is 5.32. The number of amides is 2. The number of rotatable bonds is 5. The molecule has 0 saturated carbocycles. The van der Waals surface area contributed by atoms with Gasteiger partial charge in [0.1, 0.15) is 0 Å². The van der Waals surface area contributed by atoms with Gasteiger partial charge in [-0.25, -0.2) is 0 Å². The number of hydrogen-bond donors (Lipinski definition) is 2. The molecule has 2 amide bonds. The Balaban J connectivity index is 1.52. The lowest BCUT2D eigenvalue weighted by molar-refractivity contribution is -0.113. The van der Waals surface area contributed by atoms with Crippen molar-refractivity contribution in [2.75, 3.05) is 37.2 Å². The van der Waals surface area contributed by atoms with Gasteiger partial charge in [-0.3, -0.25) is 9.59 Å². The van der Waals surface area contributed by atoms with Crippen molar-refractivity contribution in [3.63, 3.8) is 0 Å². The smallest absolute Gasteiger partial charge is 0.253 e. The van der Waals surface area contributed by atoms with E-state index in [9.17, 15) is 9.59 Å². The lowest BCUT2D eigenvalue weighted by atomic mass is 10.1. The van der Waals surface area contributed by atoms with Crippen LogP contribution in [0.1, 0.15) is 16.8 Å². The van der Waals surface area contributed by atoms with E-state index in [2.05, 4.69) is 10.6 Å². The standard InChI is InChI=1S/C18H21N3O2S2/c22-16(13-25-17-3-1-12-24-17)20-15-6-4-14(5-7-15)18(23)21-10-2-8-19-9-11-21/h1,3-7,12,19H,2,8-11,13H2,(H,20,22). The molecule has 0 spiro atoms. The van der Waals surface area contributed by atoms with Gasteiger partial charge in [-0.2, -0.15) is 0 Å². The number of anilines is 1. The zero-order valence-electron chi connectivity index (χ0n) is 13.9. The number of carbonyl (C=O) groups is 2. The quantitative estimate of drug-likeness (QED) is 0.789. The van der Waals surface area contributed by atoms with Crippen LogP contribution >= 0.6 is 23.1 Å². The maximum Gasteiger partial charge on any atom is 0.253 e. The highest BCUT2D eigenvalue weighted by Gasteiger charge is 2.17. The molecule has 25 heavy (non-hydrogen) atoms. The second-order valence-corrected chi connectivity index (χ2v) is 7.97. The van der Waals surface area contributed by atoms with Crippen LogP contribution in [-0.2, 0) is 4.79 Å². The molecule has 2 aromatic rings. The van der Waals surface area contributed by atoms with Crippen molar-refractivity contribution in [3.05, 3.63) is 47.3 Å². The third-order valence-corrected chi connectivity index (χ3v) is 6.01. The van der Waals surface area contributed by atoms with Gasteiger partial charge in [0.15, 0.2) is 0 Å². The van der Waals surface area contributed by atoms with Crippen LogP contribution in [0.3, 0.4) is 0 Å².